The number of thiocarbonyl (C=S) groups is 1. The molecule has 1 N–H and O–H groups in total. The van der Waals surface area contributed by atoms with E-state index in [0.29, 0.717) is 21.3 Å². The molecule has 128 valence electrons. The number of benzodiazepines with no additional fused rings is 1. The fourth-order valence-electron chi connectivity index (χ4n) is 3.01. The van der Waals surface area contributed by atoms with Gasteiger partial charge >= 0.3 is 0 Å². The highest BCUT2D eigenvalue weighted by molar-refractivity contribution is 7.80. The topological polar surface area (TPSA) is 24.4 Å². The largest absolute Gasteiger partial charge is 0.347 e. The number of benzene rings is 3. The molecule has 0 saturated carbocycles. The van der Waals surface area contributed by atoms with Gasteiger partial charge in [-0.2, -0.15) is 0 Å². The van der Waals surface area contributed by atoms with Crippen LogP contribution in [-0.4, -0.2) is 10.7 Å². The normalized spacial score (nSPS) is 16.3. The zero-order valence-corrected chi connectivity index (χ0v) is 15.2. The molecule has 5 heteroatoms. The van der Waals surface area contributed by atoms with Crippen LogP contribution in [0.5, 0.6) is 0 Å². The second kappa shape index (κ2) is 6.98. The molecule has 0 spiro atoms. The first-order valence-corrected chi connectivity index (χ1v) is 8.90. The molecule has 4 rings (SSSR count). The highest BCUT2D eigenvalue weighted by Crippen LogP contribution is 2.32. The molecule has 3 aromatic carbocycles. The highest BCUT2D eigenvalue weighted by Gasteiger charge is 2.25. The van der Waals surface area contributed by atoms with Crippen LogP contribution in [0.15, 0.2) is 77.8 Å². The third-order valence-electron chi connectivity index (χ3n) is 4.25. The molecule has 1 atom stereocenters. The van der Waals surface area contributed by atoms with Crippen LogP contribution < -0.4 is 5.32 Å². The van der Waals surface area contributed by atoms with Crippen molar-refractivity contribution < 1.29 is 4.39 Å². The minimum atomic E-state index is -0.410. The Morgan fingerprint density at radius 3 is 2.42 bits per heavy atom. The van der Waals surface area contributed by atoms with Gasteiger partial charge < -0.3 is 5.32 Å². The van der Waals surface area contributed by atoms with Crippen LogP contribution in [0.3, 0.4) is 0 Å². The molecule has 0 fully saturated rings. The molecule has 0 aliphatic carbocycles. The average Bonchev–Trinajstić information content (AvgIpc) is 2.79. The lowest BCUT2D eigenvalue weighted by atomic mass is 10.00. The number of anilines is 1. The molecule has 0 radical (unpaired) electrons. The fourth-order valence-corrected chi connectivity index (χ4v) is 3.48. The monoisotopic (exact) mass is 380 g/mol. The predicted octanol–water partition coefficient (Wildman–Crippen LogP) is 5.81. The van der Waals surface area contributed by atoms with Gasteiger partial charge in [-0.3, -0.25) is 4.99 Å². The summed E-state index contributed by atoms with van der Waals surface area (Å²) in [6, 6.07) is 21.3. The van der Waals surface area contributed by atoms with Crippen LogP contribution in [0.4, 0.5) is 10.1 Å². The molecule has 0 saturated heterocycles. The molecular weight excluding hydrogens is 367 g/mol. The van der Waals surface area contributed by atoms with Crippen molar-refractivity contribution in [2.45, 2.75) is 6.04 Å². The lowest BCUT2D eigenvalue weighted by Crippen LogP contribution is -2.16. The van der Waals surface area contributed by atoms with Gasteiger partial charge in [0.2, 0.25) is 0 Å². The molecule has 3 aromatic rings. The van der Waals surface area contributed by atoms with Gasteiger partial charge in [-0.15, -0.1) is 0 Å². The van der Waals surface area contributed by atoms with Crippen molar-refractivity contribution in [2.24, 2.45) is 4.99 Å². The second-order valence-electron chi connectivity index (χ2n) is 5.95. The van der Waals surface area contributed by atoms with E-state index < -0.39 is 6.04 Å². The van der Waals surface area contributed by atoms with Gasteiger partial charge in [0.1, 0.15) is 16.8 Å². The Bertz CT molecular complexity index is 1020. The molecule has 1 heterocycles. The van der Waals surface area contributed by atoms with E-state index in [1.807, 2.05) is 36.4 Å². The van der Waals surface area contributed by atoms with E-state index in [0.717, 1.165) is 16.8 Å². The Kier molecular flexibility index (Phi) is 4.53. The maximum atomic E-state index is 14.6. The molecule has 0 bridgehead atoms. The molecule has 2 nitrogen and oxygen atoms in total. The molecular formula is C21H14ClFN2S. The number of nitrogens with zero attached hydrogens (tertiary/aromatic N) is 1. The van der Waals surface area contributed by atoms with Gasteiger partial charge in [-0.1, -0.05) is 66.3 Å². The standard InChI is InChI=1S/C21H14ClFN2S/c22-14-10-11-18-16(12-14)20(15-8-4-5-9-17(15)23)25-19(21(26)24-18)13-6-2-1-3-7-13/h1-12,19H,(H,24,26)/t19-/m1/s1. The van der Waals surface area contributed by atoms with E-state index in [2.05, 4.69) is 5.32 Å². The SMILES string of the molecule is Fc1ccccc1C1=N[C@H](c2ccccc2)C(=S)Nc2ccc(Cl)cc21. The number of halogens is 2. The van der Waals surface area contributed by atoms with Crippen molar-refractivity contribution in [1.29, 1.82) is 0 Å². The van der Waals surface area contributed by atoms with Gasteiger partial charge in [-0.05, 0) is 35.9 Å². The van der Waals surface area contributed by atoms with Crippen LogP contribution in [0.25, 0.3) is 0 Å². The molecule has 0 unspecified atom stereocenters. The van der Waals surface area contributed by atoms with Crippen molar-refractivity contribution in [2.75, 3.05) is 5.32 Å². The minimum Gasteiger partial charge on any atom is -0.347 e. The third kappa shape index (κ3) is 3.14. The summed E-state index contributed by atoms with van der Waals surface area (Å²) in [6.07, 6.45) is 0. The van der Waals surface area contributed by atoms with Gasteiger partial charge in [0, 0.05) is 21.8 Å². The number of nitrogens with one attached hydrogen (secondary N) is 1. The summed E-state index contributed by atoms with van der Waals surface area (Å²) in [4.78, 5) is 5.42. The van der Waals surface area contributed by atoms with Crippen molar-refractivity contribution in [3.05, 3.63) is 100 Å². The van der Waals surface area contributed by atoms with E-state index in [4.69, 9.17) is 28.8 Å². The first-order chi connectivity index (χ1) is 12.6. The summed E-state index contributed by atoms with van der Waals surface area (Å²) in [5.41, 5.74) is 3.38. The van der Waals surface area contributed by atoms with Crippen LogP contribution in [0.1, 0.15) is 22.7 Å². The molecule has 26 heavy (non-hydrogen) atoms. The molecule has 1 aliphatic rings. The van der Waals surface area contributed by atoms with Crippen LogP contribution in [-0.2, 0) is 0 Å². The van der Waals surface area contributed by atoms with Crippen LogP contribution in [0, 0.1) is 5.82 Å². The lowest BCUT2D eigenvalue weighted by molar-refractivity contribution is 0.625. The summed E-state index contributed by atoms with van der Waals surface area (Å²) >= 11 is 11.8. The quantitative estimate of drug-likeness (QED) is 0.567. The maximum Gasteiger partial charge on any atom is 0.132 e. The van der Waals surface area contributed by atoms with Gasteiger partial charge in [0.25, 0.3) is 0 Å². The molecule has 0 amide bonds. The van der Waals surface area contributed by atoms with Crippen LogP contribution >= 0.6 is 23.8 Å². The summed E-state index contributed by atoms with van der Waals surface area (Å²) in [6.45, 7) is 0. The zero-order valence-electron chi connectivity index (χ0n) is 13.6. The van der Waals surface area contributed by atoms with E-state index in [-0.39, 0.29) is 5.82 Å². The van der Waals surface area contributed by atoms with E-state index >= 15 is 0 Å². The van der Waals surface area contributed by atoms with E-state index in [1.54, 1.807) is 30.3 Å². The Morgan fingerprint density at radius 1 is 0.923 bits per heavy atom. The van der Waals surface area contributed by atoms with Gasteiger partial charge in [0.15, 0.2) is 0 Å². The van der Waals surface area contributed by atoms with Gasteiger partial charge in [-0.25, -0.2) is 4.39 Å². The van der Waals surface area contributed by atoms with E-state index in [1.165, 1.54) is 6.07 Å². The minimum absolute atomic E-state index is 0.336. The molecule has 0 aromatic heterocycles. The van der Waals surface area contributed by atoms with Crippen molar-refractivity contribution in [3.63, 3.8) is 0 Å². The summed E-state index contributed by atoms with van der Waals surface area (Å²) in [5.74, 6) is -0.336. The summed E-state index contributed by atoms with van der Waals surface area (Å²) in [7, 11) is 0. The molecule has 1 aliphatic heterocycles. The van der Waals surface area contributed by atoms with Crippen LogP contribution in [0.2, 0.25) is 5.02 Å². The van der Waals surface area contributed by atoms with Crippen molar-refractivity contribution >= 4 is 40.2 Å². The number of rotatable bonds is 2. The summed E-state index contributed by atoms with van der Waals surface area (Å²) in [5, 5.41) is 3.81. The van der Waals surface area contributed by atoms with Crippen molar-refractivity contribution in [3.8, 4) is 0 Å². The maximum absolute atomic E-state index is 14.6. The van der Waals surface area contributed by atoms with Crippen molar-refractivity contribution in [1.82, 2.24) is 0 Å². The lowest BCUT2D eigenvalue weighted by Gasteiger charge is -2.14. The van der Waals surface area contributed by atoms with E-state index in [9.17, 15) is 4.39 Å². The van der Waals surface area contributed by atoms with Gasteiger partial charge in [0.05, 0.1) is 5.71 Å². The first kappa shape index (κ1) is 16.9. The highest BCUT2D eigenvalue weighted by atomic mass is 35.5. The first-order valence-electron chi connectivity index (χ1n) is 8.12. The average molecular weight is 381 g/mol. The Morgan fingerprint density at radius 2 is 1.65 bits per heavy atom. The smallest absolute Gasteiger partial charge is 0.132 e. The number of aliphatic imine (C=N–C) groups is 1. The third-order valence-corrected chi connectivity index (χ3v) is 4.81. The number of hydrogen-bond acceptors (Lipinski definition) is 2. The predicted molar refractivity (Wildman–Crippen MR) is 109 cm³/mol. The Labute approximate surface area is 161 Å². The number of hydrogen-bond donors (Lipinski definition) is 1. The fraction of sp³-hybridized carbons (Fsp3) is 0.0476. The number of fused-ring (bicyclic) bond motifs is 1. The Hall–Kier alpha value is -2.56. The Balaban J connectivity index is 1.97. The zero-order chi connectivity index (χ0) is 18.1. The summed E-state index contributed by atoms with van der Waals surface area (Å²) < 4.78 is 14.6. The second-order valence-corrected chi connectivity index (χ2v) is 6.83.